The van der Waals surface area contributed by atoms with Gasteiger partial charge in [-0.2, -0.15) is 0 Å². The van der Waals surface area contributed by atoms with Crippen LogP contribution in [0.1, 0.15) is 34.1 Å². The topological polar surface area (TPSA) is 64.9 Å². The molecule has 0 spiro atoms. The molecule has 0 aliphatic carbocycles. The summed E-state index contributed by atoms with van der Waals surface area (Å²) >= 11 is 0. The summed E-state index contributed by atoms with van der Waals surface area (Å²) in [7, 11) is 0. The average molecular weight is 311 g/mol. The first kappa shape index (κ1) is 13.8. The predicted octanol–water partition coefficient (Wildman–Crippen LogP) is 2.66. The van der Waals surface area contributed by atoms with E-state index in [1.54, 1.807) is 24.3 Å². The summed E-state index contributed by atoms with van der Waals surface area (Å²) < 4.78 is 13.2. The molecule has 5 nitrogen and oxygen atoms in total. The summed E-state index contributed by atoms with van der Waals surface area (Å²) in [5.74, 6) is -0.503. The molecule has 2 aliphatic heterocycles. The summed E-state index contributed by atoms with van der Waals surface area (Å²) in [5.41, 5.74) is 3.47. The van der Waals surface area contributed by atoms with Gasteiger partial charge >= 0.3 is 0 Å². The van der Waals surface area contributed by atoms with E-state index in [2.05, 4.69) is 15.4 Å². The minimum Gasteiger partial charge on any atom is -0.411 e. The first-order chi connectivity index (χ1) is 11.2. The first-order valence-electron chi connectivity index (χ1n) is 7.36. The molecule has 2 N–H and O–H groups in total. The van der Waals surface area contributed by atoms with Crippen LogP contribution < -0.4 is 10.2 Å². The molecule has 2 heterocycles. The van der Waals surface area contributed by atoms with E-state index >= 15 is 0 Å². The number of nitrogens with zero attached hydrogens (tertiary/aromatic N) is 2. The zero-order valence-electron chi connectivity index (χ0n) is 12.2. The molecule has 23 heavy (non-hydrogen) atoms. The Kier molecular flexibility index (Phi) is 3.04. The van der Waals surface area contributed by atoms with Gasteiger partial charge in [0.2, 0.25) is 0 Å². The molecule has 0 radical (unpaired) electrons. The van der Waals surface area contributed by atoms with Crippen LogP contribution in [0.4, 0.5) is 10.1 Å². The van der Waals surface area contributed by atoms with Gasteiger partial charge in [0.05, 0.1) is 17.0 Å². The molecule has 4 rings (SSSR count). The number of para-hydroxylation sites is 1. The van der Waals surface area contributed by atoms with Gasteiger partial charge in [-0.15, -0.1) is 0 Å². The molecule has 1 amide bonds. The van der Waals surface area contributed by atoms with Crippen LogP contribution in [0.15, 0.2) is 47.6 Å². The fourth-order valence-corrected chi connectivity index (χ4v) is 3.29. The fourth-order valence-electron chi connectivity index (χ4n) is 3.29. The number of carbonyl (C=O) groups is 1. The Labute approximate surface area is 132 Å². The van der Waals surface area contributed by atoms with Gasteiger partial charge in [0, 0.05) is 18.5 Å². The normalized spacial score (nSPS) is 21.1. The summed E-state index contributed by atoms with van der Waals surface area (Å²) in [6.07, 6.45) is 0.206. The molecule has 1 unspecified atom stereocenters. The number of hydrogen-bond donors (Lipinski definition) is 2. The van der Waals surface area contributed by atoms with Crippen LogP contribution in [-0.2, 0) is 0 Å². The Hall–Kier alpha value is -2.89. The van der Waals surface area contributed by atoms with Crippen molar-refractivity contribution >= 4 is 17.3 Å². The summed E-state index contributed by atoms with van der Waals surface area (Å²) in [6, 6.07) is 11.5. The molecule has 116 valence electrons. The van der Waals surface area contributed by atoms with Crippen molar-refractivity contribution < 1.29 is 14.4 Å². The van der Waals surface area contributed by atoms with E-state index in [4.69, 9.17) is 0 Å². The van der Waals surface area contributed by atoms with Gasteiger partial charge in [0.1, 0.15) is 12.0 Å². The minimum absolute atomic E-state index is 0.188. The van der Waals surface area contributed by atoms with Crippen molar-refractivity contribution in [2.24, 2.45) is 5.16 Å². The second kappa shape index (κ2) is 5.08. The van der Waals surface area contributed by atoms with Gasteiger partial charge in [-0.1, -0.05) is 29.4 Å². The molecule has 2 aromatic rings. The van der Waals surface area contributed by atoms with E-state index in [0.29, 0.717) is 24.2 Å². The lowest BCUT2D eigenvalue weighted by molar-refractivity contribution is 0.0926. The lowest BCUT2D eigenvalue weighted by Gasteiger charge is -2.42. The lowest BCUT2D eigenvalue weighted by Crippen LogP contribution is -2.49. The number of benzene rings is 2. The third-order valence-electron chi connectivity index (χ3n) is 4.35. The molecule has 1 atom stereocenters. The van der Waals surface area contributed by atoms with Gasteiger partial charge in [0.25, 0.3) is 5.91 Å². The third-order valence-corrected chi connectivity index (χ3v) is 4.35. The third kappa shape index (κ3) is 2.06. The van der Waals surface area contributed by atoms with Crippen LogP contribution in [0, 0.1) is 5.82 Å². The Morgan fingerprint density at radius 1 is 1.17 bits per heavy atom. The molecule has 0 fully saturated rings. The van der Waals surface area contributed by atoms with Crippen LogP contribution in [0.2, 0.25) is 0 Å². The number of rotatable bonds is 1. The van der Waals surface area contributed by atoms with E-state index in [1.165, 1.54) is 12.1 Å². The smallest absolute Gasteiger partial charge is 0.255 e. The molecule has 0 saturated heterocycles. The van der Waals surface area contributed by atoms with Crippen LogP contribution in [0.25, 0.3) is 0 Å². The van der Waals surface area contributed by atoms with Crippen molar-refractivity contribution in [3.63, 3.8) is 0 Å². The van der Waals surface area contributed by atoms with Crippen LogP contribution >= 0.6 is 0 Å². The number of nitrogens with one attached hydrogen (secondary N) is 1. The molecular weight excluding hydrogens is 297 g/mol. The monoisotopic (exact) mass is 311 g/mol. The van der Waals surface area contributed by atoms with Gasteiger partial charge in [-0.25, -0.2) is 4.39 Å². The average Bonchev–Trinajstić information content (AvgIpc) is 2.58. The molecule has 0 aromatic heterocycles. The van der Waals surface area contributed by atoms with E-state index in [-0.39, 0.29) is 17.9 Å². The standard InChI is InChI=1S/C17H14FN3O2/c18-11-6-4-10(5-7-11)16-19-17(22)13-3-1-2-12-14(20-23)8-9-21(16)15(12)13/h1-7,16,23H,8-9H2,(H,19,22)/b20-14+. The lowest BCUT2D eigenvalue weighted by atomic mass is 9.92. The largest absolute Gasteiger partial charge is 0.411 e. The SMILES string of the molecule is O=C1NC(c2ccc(F)cc2)N2CC/C(=N\O)c3cccc1c32. The number of carbonyl (C=O) groups excluding carboxylic acids is 1. The highest BCUT2D eigenvalue weighted by Crippen LogP contribution is 2.39. The van der Waals surface area contributed by atoms with E-state index < -0.39 is 0 Å². The maximum atomic E-state index is 13.2. The minimum atomic E-state index is -0.364. The molecule has 6 heteroatoms. The van der Waals surface area contributed by atoms with E-state index in [0.717, 1.165) is 16.8 Å². The van der Waals surface area contributed by atoms with Gasteiger partial charge in [0.15, 0.2) is 0 Å². The molecule has 0 bridgehead atoms. The Balaban J connectivity index is 1.87. The van der Waals surface area contributed by atoms with Crippen LogP contribution in [0.3, 0.4) is 0 Å². The number of halogens is 1. The highest BCUT2D eigenvalue weighted by atomic mass is 19.1. The number of anilines is 1. The van der Waals surface area contributed by atoms with Gasteiger partial charge in [-0.05, 0) is 23.8 Å². The highest BCUT2D eigenvalue weighted by Gasteiger charge is 2.36. The maximum absolute atomic E-state index is 13.2. The van der Waals surface area contributed by atoms with Crippen molar-refractivity contribution in [1.82, 2.24) is 5.32 Å². The molecule has 0 saturated carbocycles. The molecule has 2 aliphatic rings. The first-order valence-corrected chi connectivity index (χ1v) is 7.36. The molecule has 2 aromatic carbocycles. The zero-order valence-corrected chi connectivity index (χ0v) is 12.2. The van der Waals surface area contributed by atoms with Gasteiger partial charge < -0.3 is 15.4 Å². The second-order valence-corrected chi connectivity index (χ2v) is 5.62. The van der Waals surface area contributed by atoms with Crippen molar-refractivity contribution in [2.75, 3.05) is 11.4 Å². The number of hydrogen-bond acceptors (Lipinski definition) is 4. The van der Waals surface area contributed by atoms with Crippen molar-refractivity contribution in [3.8, 4) is 0 Å². The highest BCUT2D eigenvalue weighted by molar-refractivity contribution is 6.13. The predicted molar refractivity (Wildman–Crippen MR) is 83.3 cm³/mol. The zero-order chi connectivity index (χ0) is 16.0. The van der Waals surface area contributed by atoms with E-state index in [1.807, 2.05) is 6.07 Å². The van der Waals surface area contributed by atoms with Crippen LogP contribution in [0.5, 0.6) is 0 Å². The maximum Gasteiger partial charge on any atom is 0.255 e. The Morgan fingerprint density at radius 3 is 2.65 bits per heavy atom. The van der Waals surface area contributed by atoms with Crippen molar-refractivity contribution in [3.05, 3.63) is 65.0 Å². The Bertz CT molecular complexity index is 817. The van der Waals surface area contributed by atoms with Gasteiger partial charge in [-0.3, -0.25) is 4.79 Å². The van der Waals surface area contributed by atoms with E-state index in [9.17, 15) is 14.4 Å². The quantitative estimate of drug-likeness (QED) is 0.628. The van der Waals surface area contributed by atoms with Crippen LogP contribution in [-0.4, -0.2) is 23.4 Å². The fraction of sp³-hybridized carbons (Fsp3) is 0.176. The Morgan fingerprint density at radius 2 is 1.91 bits per heavy atom. The second-order valence-electron chi connectivity index (χ2n) is 5.62. The van der Waals surface area contributed by atoms with Crippen molar-refractivity contribution in [1.29, 1.82) is 0 Å². The number of oxime groups is 1. The summed E-state index contributed by atoms with van der Waals surface area (Å²) in [4.78, 5) is 14.5. The summed E-state index contributed by atoms with van der Waals surface area (Å²) in [6.45, 7) is 0.603. The van der Waals surface area contributed by atoms with Crippen molar-refractivity contribution in [2.45, 2.75) is 12.6 Å². The molecular formula is C17H14FN3O2. The number of amides is 1. The summed E-state index contributed by atoms with van der Waals surface area (Å²) in [5, 5.41) is 15.5.